The van der Waals surface area contributed by atoms with Crippen molar-refractivity contribution in [3.63, 3.8) is 0 Å². The molecule has 0 aliphatic heterocycles. The minimum absolute atomic E-state index is 0.330. The monoisotopic (exact) mass is 1770 g/mol. The highest BCUT2D eigenvalue weighted by Gasteiger charge is 2.20. The van der Waals surface area contributed by atoms with Crippen LogP contribution < -0.4 is 0 Å². The maximum Gasteiger partial charge on any atom is 0.206 e. The summed E-state index contributed by atoms with van der Waals surface area (Å²) in [5.74, 6) is 0. The Balaban J connectivity index is -0.0000000795. The van der Waals surface area contributed by atoms with E-state index in [9.17, 15) is 42.1 Å². The molecule has 11 aromatic rings. The van der Waals surface area contributed by atoms with E-state index in [1.54, 1.807) is 303 Å². The molecule has 0 amide bonds. The van der Waals surface area contributed by atoms with Crippen LogP contribution in [0.5, 0.6) is 0 Å². The van der Waals surface area contributed by atoms with E-state index in [1.807, 2.05) is 313 Å². The summed E-state index contributed by atoms with van der Waals surface area (Å²) in [5, 5.41) is 0. The van der Waals surface area contributed by atoms with Crippen LogP contribution in [-0.4, -0.2) is 42.1 Å². The molecule has 0 unspecified atom stereocenters. The smallest absolute Gasteiger partial charge is 0.206 e. The Labute approximate surface area is 751 Å². The first-order valence-corrected chi connectivity index (χ1v) is 52.2. The van der Waals surface area contributed by atoms with Gasteiger partial charge in [0.1, 0.15) is 0 Å². The summed E-state index contributed by atoms with van der Waals surface area (Å²) in [5.41, 5.74) is 0. The van der Waals surface area contributed by atoms with Gasteiger partial charge < -0.3 is 0 Å². The van der Waals surface area contributed by atoms with E-state index >= 15 is 0 Å². The molecule has 0 heterocycles. The van der Waals surface area contributed by atoms with Crippen molar-refractivity contribution >= 4 is 49.2 Å². The second-order valence-corrected chi connectivity index (χ2v) is 26.6. The highest BCUT2D eigenvalue weighted by molar-refractivity contribution is 7.92. The maximum atomic E-state index is 12.0. The summed E-state index contributed by atoms with van der Waals surface area (Å²) in [6.07, 6.45) is 0. The van der Waals surface area contributed by atoms with Crippen LogP contribution in [0.4, 0.5) is 0 Å². The molecule has 11 rings (SSSR count). The molecule has 0 radical (unpaired) electrons. The predicted octanol–water partition coefficient (Wildman–Crippen LogP) is 34.8. The Bertz CT molecular complexity index is 3290. The van der Waals surface area contributed by atoms with Gasteiger partial charge >= 0.3 is 0 Å². The first-order chi connectivity index (χ1) is 59.1. The van der Waals surface area contributed by atoms with Gasteiger partial charge in [-0.05, 0) is 121 Å². The average Bonchev–Trinajstić information content (AvgIpc) is 0.848. The number of hydrogen-bond donors (Lipinski definition) is 0. The molecular weight excluding hydrogens is 1590 g/mol. The summed E-state index contributed by atoms with van der Waals surface area (Å²) in [4.78, 5) is 3.30. The van der Waals surface area contributed by atoms with Gasteiger partial charge in [-0.1, -0.05) is 495 Å². The summed E-state index contributed by atoms with van der Waals surface area (Å²) in [7, 11) is -16.7. The second-order valence-electron chi connectivity index (χ2n) is 16.8. The molecule has 0 atom stereocenters. The van der Waals surface area contributed by atoms with E-state index in [0.717, 1.165) is 0 Å². The zero-order valence-corrected chi connectivity index (χ0v) is 87.5. The Morgan fingerprint density at radius 2 is 0.132 bits per heavy atom. The van der Waals surface area contributed by atoms with Gasteiger partial charge in [-0.15, -0.1) is 0 Å². The van der Waals surface area contributed by atoms with E-state index in [1.165, 1.54) is 0 Å². The lowest BCUT2D eigenvalue weighted by Crippen LogP contribution is -2.00. The molecule has 0 spiro atoms. The van der Waals surface area contributed by atoms with E-state index in [0.29, 0.717) is 49.0 Å². The molecule has 0 bridgehead atoms. The predicted molar refractivity (Wildman–Crippen MR) is 545 cm³/mol. The fraction of sp³-hybridized carbons (Fsp3) is 0.377. The van der Waals surface area contributed by atoms with Crippen molar-refractivity contribution in [2.45, 2.75) is 326 Å². The minimum atomic E-state index is -3.34. The quantitative estimate of drug-likeness (QED) is 0.128. The SMILES string of the molecule is CC.CC.CC.CC.CC.CC.CC.CC.CC.CC.CC.CC.CC.CC.CC.CC.CC.CC.CC.CC.O=S(=O)(c1ccccc1)c1ccccc1.O=S(=O)(c1ccccc1)c1ccccc1.O=S(=O)(c1ccccc1)c1ccccc1.O=S(=O)(c1ccccc1)c1ccccc1.O=S(=O)(c1ccccc1)c1ccccc1.c1ccccc1. The molecule has 0 aliphatic carbocycles. The van der Waals surface area contributed by atoms with E-state index in [-0.39, 0.29) is 0 Å². The molecule has 15 heteroatoms. The van der Waals surface area contributed by atoms with E-state index in [4.69, 9.17) is 0 Å². The summed E-state index contributed by atoms with van der Waals surface area (Å²) < 4.78 is 120. The Hall–Kier alpha value is -8.83. The van der Waals surface area contributed by atoms with Crippen molar-refractivity contribution in [2.75, 3.05) is 0 Å². The molecule has 0 N–H and O–H groups in total. The standard InChI is InChI=1S/5C12H10O2S.C6H6.20C2H6/c5*13-15(14,11-7-3-1-4-8-11)12-9-5-2-6-10-12;1-2-4-6-5-3-1;20*1-2/h5*1-10H;1-6H;20*1-2H3. The van der Waals surface area contributed by atoms with Crippen molar-refractivity contribution in [1.29, 1.82) is 0 Å². The van der Waals surface area contributed by atoms with Gasteiger partial charge in [0.2, 0.25) is 49.2 Å². The molecule has 121 heavy (non-hydrogen) atoms. The zero-order valence-electron chi connectivity index (χ0n) is 83.5. The van der Waals surface area contributed by atoms with Crippen LogP contribution in [0.25, 0.3) is 0 Å². The van der Waals surface area contributed by atoms with Gasteiger partial charge in [0, 0.05) is 0 Å². The average molecular weight is 1770 g/mol. The molecule has 0 saturated heterocycles. The van der Waals surface area contributed by atoms with Crippen LogP contribution in [0.15, 0.2) is 389 Å². The lowest BCUT2D eigenvalue weighted by atomic mass is 10.4. The normalized spacial score (nSPS) is 8.33. The third kappa shape index (κ3) is 70.4. The Morgan fingerprint density at radius 1 is 0.0909 bits per heavy atom. The summed E-state index contributed by atoms with van der Waals surface area (Å²) >= 11 is 0. The van der Waals surface area contributed by atoms with Crippen LogP contribution in [0.1, 0.15) is 277 Å². The van der Waals surface area contributed by atoms with Gasteiger partial charge in [-0.3, -0.25) is 0 Å². The highest BCUT2D eigenvalue weighted by Crippen LogP contribution is 2.24. The van der Waals surface area contributed by atoms with Gasteiger partial charge in [-0.2, -0.15) is 0 Å². The fourth-order valence-corrected chi connectivity index (χ4v) is 13.6. The number of rotatable bonds is 10. The van der Waals surface area contributed by atoms with E-state index < -0.39 is 49.2 Å². The lowest BCUT2D eigenvalue weighted by Gasteiger charge is -2.03. The van der Waals surface area contributed by atoms with Crippen molar-refractivity contribution < 1.29 is 42.1 Å². The third-order valence-electron chi connectivity index (χ3n) is 11.2. The van der Waals surface area contributed by atoms with Crippen LogP contribution in [0, 0.1) is 0 Å². The van der Waals surface area contributed by atoms with Crippen LogP contribution in [-0.2, 0) is 49.2 Å². The highest BCUT2D eigenvalue weighted by atomic mass is 32.2. The second kappa shape index (κ2) is 117. The maximum absolute atomic E-state index is 12.0. The number of hydrogen-bond acceptors (Lipinski definition) is 10. The first kappa shape index (κ1) is 147. The van der Waals surface area contributed by atoms with Gasteiger partial charge in [-0.25, -0.2) is 42.1 Å². The Kier molecular flexibility index (Phi) is 143. The van der Waals surface area contributed by atoms with Gasteiger partial charge in [0.05, 0.1) is 49.0 Å². The molecule has 11 aromatic carbocycles. The van der Waals surface area contributed by atoms with Crippen LogP contribution in [0.3, 0.4) is 0 Å². The van der Waals surface area contributed by atoms with Crippen molar-refractivity contribution in [3.8, 4) is 0 Å². The van der Waals surface area contributed by atoms with Crippen molar-refractivity contribution in [2.24, 2.45) is 0 Å². The van der Waals surface area contributed by atoms with E-state index in [2.05, 4.69) is 0 Å². The fourth-order valence-electron chi connectivity index (χ4n) is 7.06. The van der Waals surface area contributed by atoms with Crippen molar-refractivity contribution in [1.82, 2.24) is 0 Å². The molecule has 10 nitrogen and oxygen atoms in total. The Morgan fingerprint density at radius 3 is 0.182 bits per heavy atom. The van der Waals surface area contributed by atoms with Crippen LogP contribution >= 0.6 is 0 Å². The summed E-state index contributed by atoms with van der Waals surface area (Å²) in [6, 6.07) is 96.3. The number of benzene rings is 11. The molecule has 690 valence electrons. The van der Waals surface area contributed by atoms with Gasteiger partial charge in [0.25, 0.3) is 0 Å². The third-order valence-corrected chi connectivity index (χ3v) is 20.1. The van der Waals surface area contributed by atoms with Gasteiger partial charge in [0.15, 0.2) is 0 Å². The zero-order chi connectivity index (χ0) is 97.9. The van der Waals surface area contributed by atoms with Crippen LogP contribution in [0.2, 0.25) is 0 Å². The number of sulfone groups is 5. The first-order valence-electron chi connectivity index (χ1n) is 44.8. The molecule has 0 fully saturated rings. The topological polar surface area (TPSA) is 171 Å². The molecular formula is C106H176O10S5. The minimum Gasteiger partial charge on any atom is -0.219 e. The summed E-state index contributed by atoms with van der Waals surface area (Å²) in [6.45, 7) is 80.0. The lowest BCUT2D eigenvalue weighted by molar-refractivity contribution is 0.594. The molecule has 0 aliphatic rings. The van der Waals surface area contributed by atoms with Crippen molar-refractivity contribution in [3.05, 3.63) is 340 Å². The molecule has 0 saturated carbocycles. The molecule has 0 aromatic heterocycles. The largest absolute Gasteiger partial charge is 0.219 e.